The molecule has 98 valence electrons. The first-order valence-corrected chi connectivity index (χ1v) is 6.27. The van der Waals surface area contributed by atoms with E-state index in [9.17, 15) is 10.1 Å². The summed E-state index contributed by atoms with van der Waals surface area (Å²) in [5.74, 6) is 0.264. The van der Waals surface area contributed by atoms with E-state index in [2.05, 4.69) is 26.2 Å². The lowest BCUT2D eigenvalue weighted by Gasteiger charge is -2.07. The van der Waals surface area contributed by atoms with Crippen LogP contribution in [0.2, 0.25) is 5.02 Å². The Morgan fingerprint density at radius 3 is 2.74 bits per heavy atom. The van der Waals surface area contributed by atoms with Crippen LogP contribution in [0.15, 0.2) is 34.8 Å². The maximum Gasteiger partial charge on any atom is 0.311 e. The minimum absolute atomic E-state index is 0.0726. The zero-order valence-corrected chi connectivity index (χ0v) is 11.8. The highest BCUT2D eigenvalue weighted by Crippen LogP contribution is 2.30. The number of nitrogens with zero attached hydrogens (tertiary/aromatic N) is 2. The fraction of sp³-hybridized carbons (Fsp3) is 0. The second-order valence-electron chi connectivity index (χ2n) is 3.61. The van der Waals surface area contributed by atoms with Gasteiger partial charge in [-0.05, 0) is 40.2 Å². The molecule has 8 heteroatoms. The monoisotopic (exact) mass is 342 g/mol. The van der Waals surface area contributed by atoms with Crippen LogP contribution in [0, 0.1) is 10.1 Å². The first-order valence-electron chi connectivity index (χ1n) is 5.10. The number of pyridine rings is 1. The molecule has 3 N–H and O–H groups in total. The normalized spacial score (nSPS) is 10.2. The second-order valence-corrected chi connectivity index (χ2v) is 4.88. The zero-order chi connectivity index (χ0) is 14.0. The van der Waals surface area contributed by atoms with E-state index in [1.165, 1.54) is 12.1 Å². The van der Waals surface area contributed by atoms with Gasteiger partial charge in [-0.25, -0.2) is 4.98 Å². The average molecular weight is 344 g/mol. The van der Waals surface area contributed by atoms with Gasteiger partial charge in [-0.1, -0.05) is 11.6 Å². The molecular formula is C11H8BrClN4O2. The first kappa shape index (κ1) is 13.6. The summed E-state index contributed by atoms with van der Waals surface area (Å²) in [4.78, 5) is 14.3. The molecule has 0 bridgehead atoms. The molecule has 0 aliphatic carbocycles. The highest BCUT2D eigenvalue weighted by Gasteiger charge is 2.15. The molecule has 0 fully saturated rings. The molecule has 0 aliphatic heterocycles. The van der Waals surface area contributed by atoms with Crippen LogP contribution in [0.1, 0.15) is 0 Å². The summed E-state index contributed by atoms with van der Waals surface area (Å²) in [6.45, 7) is 0. The summed E-state index contributed by atoms with van der Waals surface area (Å²) in [5.41, 5.74) is 5.95. The zero-order valence-electron chi connectivity index (χ0n) is 9.43. The summed E-state index contributed by atoms with van der Waals surface area (Å²) in [5, 5.41) is 14.2. The average Bonchev–Trinajstić information content (AvgIpc) is 2.33. The third kappa shape index (κ3) is 3.12. The van der Waals surface area contributed by atoms with Crippen molar-refractivity contribution in [1.29, 1.82) is 0 Å². The van der Waals surface area contributed by atoms with Crippen LogP contribution in [0.3, 0.4) is 0 Å². The molecule has 0 saturated carbocycles. The third-order valence-electron chi connectivity index (χ3n) is 2.27. The van der Waals surface area contributed by atoms with Crippen molar-refractivity contribution in [2.24, 2.45) is 0 Å². The van der Waals surface area contributed by atoms with Gasteiger partial charge in [0.25, 0.3) is 0 Å². The maximum atomic E-state index is 10.9. The number of aromatic nitrogens is 1. The topological polar surface area (TPSA) is 94.1 Å². The lowest BCUT2D eigenvalue weighted by atomic mass is 10.3. The highest BCUT2D eigenvalue weighted by atomic mass is 79.9. The summed E-state index contributed by atoms with van der Waals surface area (Å²) in [6.07, 6.45) is 0. The molecule has 1 aromatic heterocycles. The summed E-state index contributed by atoms with van der Waals surface area (Å²) < 4.78 is 0.731. The van der Waals surface area contributed by atoms with E-state index < -0.39 is 4.92 Å². The molecule has 1 heterocycles. The number of hydrogen-bond acceptors (Lipinski definition) is 5. The number of nitrogens with two attached hydrogens (primary N) is 1. The smallest absolute Gasteiger partial charge is 0.311 e. The van der Waals surface area contributed by atoms with Crippen LogP contribution >= 0.6 is 27.5 Å². The van der Waals surface area contributed by atoms with Gasteiger partial charge in [-0.15, -0.1) is 0 Å². The van der Waals surface area contributed by atoms with Crippen LogP contribution < -0.4 is 11.1 Å². The summed E-state index contributed by atoms with van der Waals surface area (Å²) >= 11 is 9.21. The van der Waals surface area contributed by atoms with Crippen LogP contribution in [0.5, 0.6) is 0 Å². The molecule has 0 spiro atoms. The molecule has 0 amide bonds. The van der Waals surface area contributed by atoms with E-state index in [1.807, 2.05) is 0 Å². The number of rotatable bonds is 3. The Morgan fingerprint density at radius 2 is 2.11 bits per heavy atom. The van der Waals surface area contributed by atoms with Gasteiger partial charge in [0.2, 0.25) is 5.82 Å². The number of benzene rings is 1. The van der Waals surface area contributed by atoms with Gasteiger partial charge in [0, 0.05) is 16.2 Å². The molecule has 0 atom stereocenters. The Balaban J connectivity index is 2.39. The summed E-state index contributed by atoms with van der Waals surface area (Å²) in [6, 6.07) is 7.73. The molecule has 0 radical (unpaired) electrons. The van der Waals surface area contributed by atoms with Crippen LogP contribution in [-0.4, -0.2) is 9.91 Å². The quantitative estimate of drug-likeness (QED) is 0.654. The number of hydrogen-bond donors (Lipinski definition) is 2. The molecule has 6 nitrogen and oxygen atoms in total. The molecule has 0 unspecified atom stereocenters. The first-order chi connectivity index (χ1) is 8.97. The van der Waals surface area contributed by atoms with Gasteiger partial charge in [-0.3, -0.25) is 10.1 Å². The molecule has 0 saturated heterocycles. The van der Waals surface area contributed by atoms with Gasteiger partial charge >= 0.3 is 5.69 Å². The SMILES string of the molecule is Nc1ccc([N+](=O)[O-])c(Nc2ccc(Br)c(Cl)c2)n1. The van der Waals surface area contributed by atoms with Crippen molar-refractivity contribution < 1.29 is 4.92 Å². The van der Waals surface area contributed by atoms with E-state index >= 15 is 0 Å². The van der Waals surface area contributed by atoms with E-state index in [4.69, 9.17) is 17.3 Å². The van der Waals surface area contributed by atoms with Crippen LogP contribution in [0.25, 0.3) is 0 Å². The lowest BCUT2D eigenvalue weighted by molar-refractivity contribution is -0.384. The van der Waals surface area contributed by atoms with E-state index in [-0.39, 0.29) is 17.3 Å². The van der Waals surface area contributed by atoms with Gasteiger partial charge in [0.1, 0.15) is 5.82 Å². The van der Waals surface area contributed by atoms with Crippen LogP contribution in [-0.2, 0) is 0 Å². The minimum Gasteiger partial charge on any atom is -0.384 e. The molecule has 19 heavy (non-hydrogen) atoms. The Labute approximate surface area is 121 Å². The van der Waals surface area contributed by atoms with Crippen molar-refractivity contribution in [3.05, 3.63) is 49.9 Å². The van der Waals surface area contributed by atoms with Crippen molar-refractivity contribution >= 4 is 50.5 Å². The number of halogens is 2. The fourth-order valence-electron chi connectivity index (χ4n) is 1.42. The van der Waals surface area contributed by atoms with Gasteiger partial charge < -0.3 is 11.1 Å². The van der Waals surface area contributed by atoms with Crippen molar-refractivity contribution in [3.8, 4) is 0 Å². The van der Waals surface area contributed by atoms with Crippen molar-refractivity contribution in [2.75, 3.05) is 11.1 Å². The van der Waals surface area contributed by atoms with Gasteiger partial charge in [0.05, 0.1) is 9.95 Å². The van der Waals surface area contributed by atoms with Crippen molar-refractivity contribution in [2.45, 2.75) is 0 Å². The number of anilines is 3. The molecular weight excluding hydrogens is 336 g/mol. The van der Waals surface area contributed by atoms with E-state index in [0.29, 0.717) is 10.7 Å². The standard InChI is InChI=1S/C11H8BrClN4O2/c12-7-2-1-6(5-8(7)13)15-11-9(17(18)19)3-4-10(14)16-11/h1-5H,(H3,14,15,16). The predicted molar refractivity (Wildman–Crippen MR) is 77.7 cm³/mol. The Morgan fingerprint density at radius 1 is 1.37 bits per heavy atom. The highest BCUT2D eigenvalue weighted by molar-refractivity contribution is 9.10. The third-order valence-corrected chi connectivity index (χ3v) is 3.51. The van der Waals surface area contributed by atoms with E-state index in [1.54, 1.807) is 18.2 Å². The largest absolute Gasteiger partial charge is 0.384 e. The molecule has 2 rings (SSSR count). The van der Waals surface area contributed by atoms with Crippen LogP contribution in [0.4, 0.5) is 23.0 Å². The minimum atomic E-state index is -0.533. The van der Waals surface area contributed by atoms with Crippen molar-refractivity contribution in [3.63, 3.8) is 0 Å². The number of nitrogen functional groups attached to an aromatic ring is 1. The number of nitrogens with one attached hydrogen (secondary N) is 1. The fourth-order valence-corrected chi connectivity index (χ4v) is 1.84. The summed E-state index contributed by atoms with van der Waals surface area (Å²) in [7, 11) is 0. The maximum absolute atomic E-state index is 10.9. The van der Waals surface area contributed by atoms with Gasteiger partial charge in [0.15, 0.2) is 0 Å². The molecule has 0 aliphatic rings. The Hall–Kier alpha value is -1.86. The van der Waals surface area contributed by atoms with Crippen molar-refractivity contribution in [1.82, 2.24) is 4.98 Å². The predicted octanol–water partition coefficient (Wildman–Crippen LogP) is 3.73. The lowest BCUT2D eigenvalue weighted by Crippen LogP contribution is -2.02. The Kier molecular flexibility index (Phi) is 3.87. The molecule has 1 aromatic carbocycles. The second kappa shape index (κ2) is 5.41. The van der Waals surface area contributed by atoms with E-state index in [0.717, 1.165) is 4.47 Å². The number of nitro groups is 1. The Bertz CT molecular complexity index is 651. The molecule has 2 aromatic rings. The van der Waals surface area contributed by atoms with Gasteiger partial charge in [-0.2, -0.15) is 0 Å².